The van der Waals surface area contributed by atoms with Crippen LogP contribution in [-0.2, 0) is 0 Å². The highest BCUT2D eigenvalue weighted by Gasteiger charge is 2.23. The van der Waals surface area contributed by atoms with Gasteiger partial charge in [0.25, 0.3) is 0 Å². The number of hydrogen-bond donors (Lipinski definition) is 1. The van der Waals surface area contributed by atoms with Gasteiger partial charge in [0.2, 0.25) is 0 Å². The number of nitrogens with one attached hydrogen (secondary N) is 1. The first-order chi connectivity index (χ1) is 8.24. The Kier molecular flexibility index (Phi) is 3.97. The fourth-order valence-electron chi connectivity index (χ4n) is 2.35. The number of hydrogen-bond acceptors (Lipinski definition) is 3. The van der Waals surface area contributed by atoms with Crippen LogP contribution in [0.1, 0.15) is 18.0 Å². The SMILES string of the molecule is COc1c(F)cccc1C1CNCCCN1C. The van der Waals surface area contributed by atoms with Gasteiger partial charge in [-0.2, -0.15) is 0 Å². The van der Waals surface area contributed by atoms with Crippen molar-refractivity contribution in [2.24, 2.45) is 0 Å². The van der Waals surface area contributed by atoms with Crippen molar-refractivity contribution < 1.29 is 9.13 Å². The average Bonchev–Trinajstić information content (AvgIpc) is 2.53. The summed E-state index contributed by atoms with van der Waals surface area (Å²) < 4.78 is 18.9. The summed E-state index contributed by atoms with van der Waals surface area (Å²) in [6.45, 7) is 2.85. The van der Waals surface area contributed by atoms with E-state index >= 15 is 0 Å². The lowest BCUT2D eigenvalue weighted by Crippen LogP contribution is -2.29. The molecular formula is C13H19FN2O. The molecule has 1 unspecified atom stereocenters. The van der Waals surface area contributed by atoms with Crippen molar-refractivity contribution in [1.29, 1.82) is 0 Å². The van der Waals surface area contributed by atoms with Gasteiger partial charge in [-0.3, -0.25) is 4.90 Å². The van der Waals surface area contributed by atoms with Crippen molar-refractivity contribution in [1.82, 2.24) is 10.2 Å². The van der Waals surface area contributed by atoms with Gasteiger partial charge in [-0.15, -0.1) is 0 Å². The fourth-order valence-corrected chi connectivity index (χ4v) is 2.35. The maximum Gasteiger partial charge on any atom is 0.165 e. The molecular weight excluding hydrogens is 219 g/mol. The van der Waals surface area contributed by atoms with Gasteiger partial charge < -0.3 is 10.1 Å². The van der Waals surface area contributed by atoms with Crippen LogP contribution in [0, 0.1) is 5.82 Å². The largest absolute Gasteiger partial charge is 0.493 e. The molecule has 0 spiro atoms. The second kappa shape index (κ2) is 5.47. The molecule has 1 aromatic carbocycles. The molecule has 0 aromatic heterocycles. The number of halogens is 1. The molecule has 0 bridgehead atoms. The van der Waals surface area contributed by atoms with E-state index in [0.717, 1.165) is 31.6 Å². The molecule has 1 heterocycles. The molecule has 4 heteroatoms. The molecule has 0 amide bonds. The molecule has 1 aliphatic rings. The Labute approximate surface area is 102 Å². The Bertz CT molecular complexity index is 384. The van der Waals surface area contributed by atoms with Crippen molar-refractivity contribution in [3.05, 3.63) is 29.6 Å². The average molecular weight is 238 g/mol. The van der Waals surface area contributed by atoms with Crippen LogP contribution in [0.3, 0.4) is 0 Å². The molecule has 17 heavy (non-hydrogen) atoms. The number of ether oxygens (including phenoxy) is 1. The molecule has 3 nitrogen and oxygen atoms in total. The topological polar surface area (TPSA) is 24.5 Å². The maximum atomic E-state index is 13.7. The third kappa shape index (κ3) is 2.58. The van der Waals surface area contributed by atoms with Crippen molar-refractivity contribution in [3.8, 4) is 5.75 Å². The lowest BCUT2D eigenvalue weighted by atomic mass is 10.0. The van der Waals surface area contributed by atoms with E-state index in [1.807, 2.05) is 6.07 Å². The van der Waals surface area contributed by atoms with Gasteiger partial charge in [-0.1, -0.05) is 12.1 Å². The highest BCUT2D eigenvalue weighted by Crippen LogP contribution is 2.31. The van der Waals surface area contributed by atoms with Crippen molar-refractivity contribution in [2.75, 3.05) is 33.8 Å². The van der Waals surface area contributed by atoms with E-state index in [2.05, 4.69) is 17.3 Å². The molecule has 1 fully saturated rings. The predicted molar refractivity (Wildman–Crippen MR) is 65.8 cm³/mol. The van der Waals surface area contributed by atoms with Crippen LogP contribution in [0.4, 0.5) is 4.39 Å². The van der Waals surface area contributed by atoms with Gasteiger partial charge in [0, 0.05) is 12.1 Å². The monoisotopic (exact) mass is 238 g/mol. The lowest BCUT2D eigenvalue weighted by molar-refractivity contribution is 0.252. The lowest BCUT2D eigenvalue weighted by Gasteiger charge is -2.27. The number of nitrogens with zero attached hydrogens (tertiary/aromatic N) is 1. The number of benzene rings is 1. The second-order valence-electron chi connectivity index (χ2n) is 4.42. The Hall–Kier alpha value is -1.13. The van der Waals surface area contributed by atoms with Crippen LogP contribution in [0.5, 0.6) is 5.75 Å². The number of rotatable bonds is 2. The summed E-state index contributed by atoms with van der Waals surface area (Å²) in [4.78, 5) is 2.25. The van der Waals surface area contributed by atoms with Crippen LogP contribution in [0.25, 0.3) is 0 Å². The standard InChI is InChI=1S/C13H19FN2O/c1-16-8-4-7-15-9-12(16)10-5-3-6-11(14)13(10)17-2/h3,5-6,12,15H,4,7-9H2,1-2H3. The molecule has 94 valence electrons. The minimum absolute atomic E-state index is 0.170. The fraction of sp³-hybridized carbons (Fsp3) is 0.538. The molecule has 1 atom stereocenters. The van der Waals surface area contributed by atoms with Crippen LogP contribution >= 0.6 is 0 Å². The van der Waals surface area contributed by atoms with Gasteiger partial charge in [0.1, 0.15) is 0 Å². The molecule has 0 saturated carbocycles. The minimum atomic E-state index is -0.289. The molecule has 1 saturated heterocycles. The van der Waals surface area contributed by atoms with E-state index in [9.17, 15) is 4.39 Å². The van der Waals surface area contributed by atoms with Gasteiger partial charge in [-0.25, -0.2) is 4.39 Å². The smallest absolute Gasteiger partial charge is 0.165 e. The Morgan fingerprint density at radius 1 is 1.47 bits per heavy atom. The van der Waals surface area contributed by atoms with Gasteiger partial charge in [0.05, 0.1) is 13.2 Å². The Morgan fingerprint density at radius 2 is 2.29 bits per heavy atom. The van der Waals surface area contributed by atoms with E-state index < -0.39 is 0 Å². The zero-order valence-electron chi connectivity index (χ0n) is 10.4. The van der Waals surface area contributed by atoms with Crippen LogP contribution in [0.15, 0.2) is 18.2 Å². The van der Waals surface area contributed by atoms with E-state index in [1.54, 1.807) is 6.07 Å². The van der Waals surface area contributed by atoms with E-state index in [1.165, 1.54) is 13.2 Å². The molecule has 0 aliphatic carbocycles. The molecule has 2 rings (SSSR count). The summed E-state index contributed by atoms with van der Waals surface area (Å²) in [6.07, 6.45) is 1.12. The van der Waals surface area contributed by atoms with E-state index in [4.69, 9.17) is 4.74 Å². The molecule has 1 aliphatic heterocycles. The molecule has 1 N–H and O–H groups in total. The van der Waals surface area contributed by atoms with Gasteiger partial charge in [0.15, 0.2) is 11.6 Å². The quantitative estimate of drug-likeness (QED) is 0.850. The van der Waals surface area contributed by atoms with Crippen LogP contribution in [0.2, 0.25) is 0 Å². The summed E-state index contributed by atoms with van der Waals surface area (Å²) in [5.41, 5.74) is 0.921. The van der Waals surface area contributed by atoms with Crippen molar-refractivity contribution in [3.63, 3.8) is 0 Å². The van der Waals surface area contributed by atoms with Gasteiger partial charge in [-0.05, 0) is 32.6 Å². The highest BCUT2D eigenvalue weighted by molar-refractivity contribution is 5.37. The molecule has 0 radical (unpaired) electrons. The van der Waals surface area contributed by atoms with Crippen LogP contribution < -0.4 is 10.1 Å². The minimum Gasteiger partial charge on any atom is -0.493 e. The third-order valence-corrected chi connectivity index (χ3v) is 3.29. The summed E-state index contributed by atoms with van der Waals surface area (Å²) in [7, 11) is 3.59. The number of likely N-dealkylation sites (N-methyl/N-ethyl adjacent to an activating group) is 1. The van der Waals surface area contributed by atoms with Gasteiger partial charge >= 0.3 is 0 Å². The van der Waals surface area contributed by atoms with Crippen LogP contribution in [-0.4, -0.2) is 38.7 Å². The zero-order valence-corrected chi connectivity index (χ0v) is 10.4. The summed E-state index contributed by atoms with van der Waals surface area (Å²) in [5.74, 6) is 0.0793. The van der Waals surface area contributed by atoms with Crippen molar-refractivity contribution >= 4 is 0 Å². The number of para-hydroxylation sites is 1. The summed E-state index contributed by atoms with van der Waals surface area (Å²) in [6, 6.07) is 5.29. The van der Waals surface area contributed by atoms with Crippen molar-refractivity contribution in [2.45, 2.75) is 12.5 Å². The van der Waals surface area contributed by atoms with E-state index in [0.29, 0.717) is 5.75 Å². The third-order valence-electron chi connectivity index (χ3n) is 3.29. The summed E-state index contributed by atoms with van der Waals surface area (Å²) in [5, 5.41) is 3.38. The summed E-state index contributed by atoms with van der Waals surface area (Å²) >= 11 is 0. The maximum absolute atomic E-state index is 13.7. The normalized spacial score (nSPS) is 22.2. The predicted octanol–water partition coefficient (Wildman–Crippen LogP) is 1.80. The first-order valence-electron chi connectivity index (χ1n) is 5.97. The first kappa shape index (κ1) is 12.3. The Balaban J connectivity index is 2.34. The second-order valence-corrected chi connectivity index (χ2v) is 4.42. The zero-order chi connectivity index (χ0) is 12.3. The van der Waals surface area contributed by atoms with E-state index in [-0.39, 0.29) is 11.9 Å². The Morgan fingerprint density at radius 3 is 3.06 bits per heavy atom. The highest BCUT2D eigenvalue weighted by atomic mass is 19.1. The number of methoxy groups -OCH3 is 1. The molecule has 1 aromatic rings. The first-order valence-corrected chi connectivity index (χ1v) is 5.97.